The van der Waals surface area contributed by atoms with Gasteiger partial charge in [0, 0.05) is 0 Å². The fourth-order valence-electron chi connectivity index (χ4n) is 1.24. The van der Waals surface area contributed by atoms with Crippen LogP contribution in [-0.4, -0.2) is 0 Å². The summed E-state index contributed by atoms with van der Waals surface area (Å²) in [6.07, 6.45) is 10.5. The van der Waals surface area contributed by atoms with Crippen LogP contribution in [-0.2, 0) is 0 Å². The molecule has 54 valence electrons. The van der Waals surface area contributed by atoms with Gasteiger partial charge >= 0.3 is 0 Å². The predicted octanol–water partition coefficient (Wildman–Crippen LogP) is 3.53. The van der Waals surface area contributed by atoms with Gasteiger partial charge in [-0.15, -0.1) is 13.2 Å². The van der Waals surface area contributed by atoms with Gasteiger partial charge < -0.3 is 0 Å². The molecule has 0 heterocycles. The number of hydrogen-bond donors (Lipinski definition) is 0. The van der Waals surface area contributed by atoms with E-state index in [1.54, 1.807) is 0 Å². The summed E-state index contributed by atoms with van der Waals surface area (Å²) in [4.78, 5) is 0. The molecule has 1 aliphatic carbocycles. The third kappa shape index (κ3) is 5.61. The standard InChI is InChI=1S/C7H14.C2H4/c1-2-4-6-7-5-3-1;1-2/h1-7H2;1-2H2. The number of hydrogen-bond acceptors (Lipinski definition) is 0. The Bertz CT molecular complexity index is 28.3. The molecule has 0 saturated heterocycles. The van der Waals surface area contributed by atoms with E-state index < -0.39 is 0 Å². The summed E-state index contributed by atoms with van der Waals surface area (Å²) in [5, 5.41) is 0. The molecule has 0 unspecified atom stereocenters. The van der Waals surface area contributed by atoms with E-state index in [1.807, 2.05) is 0 Å². The lowest BCUT2D eigenvalue weighted by Gasteiger charge is -1.85. The lowest BCUT2D eigenvalue weighted by Crippen LogP contribution is -1.66. The maximum absolute atomic E-state index is 3.00. The van der Waals surface area contributed by atoms with Crippen LogP contribution < -0.4 is 0 Å². The van der Waals surface area contributed by atoms with Gasteiger partial charge in [-0.3, -0.25) is 0 Å². The predicted molar refractivity (Wildman–Crippen MR) is 43.6 cm³/mol. The Hall–Kier alpha value is -0.260. The summed E-state index contributed by atoms with van der Waals surface area (Å²) in [7, 11) is 0. The maximum atomic E-state index is 3.00. The summed E-state index contributed by atoms with van der Waals surface area (Å²) >= 11 is 0. The van der Waals surface area contributed by atoms with Gasteiger partial charge in [0.25, 0.3) is 0 Å². The van der Waals surface area contributed by atoms with Gasteiger partial charge in [-0.05, 0) is 0 Å². The minimum atomic E-state index is 1.50. The topological polar surface area (TPSA) is 0 Å². The van der Waals surface area contributed by atoms with Crippen molar-refractivity contribution >= 4 is 0 Å². The van der Waals surface area contributed by atoms with Crippen LogP contribution >= 0.6 is 0 Å². The van der Waals surface area contributed by atoms with Crippen molar-refractivity contribution in [1.82, 2.24) is 0 Å². The molecule has 0 amide bonds. The second-order valence-electron chi connectivity index (χ2n) is 2.47. The van der Waals surface area contributed by atoms with Crippen molar-refractivity contribution in [2.75, 3.05) is 0 Å². The lowest BCUT2D eigenvalue weighted by atomic mass is 10.2. The minimum absolute atomic E-state index is 1.50. The van der Waals surface area contributed by atoms with Gasteiger partial charge in [0.15, 0.2) is 0 Å². The summed E-state index contributed by atoms with van der Waals surface area (Å²) in [6.45, 7) is 6.00. The van der Waals surface area contributed by atoms with Crippen molar-refractivity contribution < 1.29 is 0 Å². The molecule has 0 N–H and O–H groups in total. The van der Waals surface area contributed by atoms with E-state index in [4.69, 9.17) is 0 Å². The molecule has 0 aromatic rings. The van der Waals surface area contributed by atoms with Gasteiger partial charge in [0.2, 0.25) is 0 Å². The summed E-state index contributed by atoms with van der Waals surface area (Å²) in [6, 6.07) is 0. The molecule has 0 nitrogen and oxygen atoms in total. The maximum Gasteiger partial charge on any atom is -0.0533 e. The lowest BCUT2D eigenvalue weighted by molar-refractivity contribution is 0.702. The first-order valence-corrected chi connectivity index (χ1v) is 4.00. The third-order valence-corrected chi connectivity index (χ3v) is 1.75. The van der Waals surface area contributed by atoms with E-state index in [0.29, 0.717) is 0 Å². The Morgan fingerprint density at radius 2 is 0.556 bits per heavy atom. The highest BCUT2D eigenvalue weighted by molar-refractivity contribution is 4.51. The van der Waals surface area contributed by atoms with Gasteiger partial charge in [0.1, 0.15) is 0 Å². The van der Waals surface area contributed by atoms with Crippen LogP contribution in [0.2, 0.25) is 0 Å². The van der Waals surface area contributed by atoms with E-state index in [2.05, 4.69) is 13.2 Å². The molecule has 1 fully saturated rings. The summed E-state index contributed by atoms with van der Waals surface area (Å²) in [5.41, 5.74) is 0. The molecule has 0 aliphatic heterocycles. The average molecular weight is 126 g/mol. The fraction of sp³-hybridized carbons (Fsp3) is 0.778. The second-order valence-corrected chi connectivity index (χ2v) is 2.47. The van der Waals surface area contributed by atoms with Gasteiger partial charge in [-0.1, -0.05) is 44.9 Å². The van der Waals surface area contributed by atoms with Crippen molar-refractivity contribution in [1.29, 1.82) is 0 Å². The highest BCUT2D eigenvalue weighted by atomic mass is 14.0. The van der Waals surface area contributed by atoms with Crippen LogP contribution in [0.3, 0.4) is 0 Å². The molecule has 1 aliphatic rings. The molecule has 0 heteroatoms. The van der Waals surface area contributed by atoms with Crippen LogP contribution in [0.15, 0.2) is 13.2 Å². The van der Waals surface area contributed by atoms with Crippen molar-refractivity contribution in [2.24, 2.45) is 0 Å². The summed E-state index contributed by atoms with van der Waals surface area (Å²) in [5.74, 6) is 0. The first-order valence-electron chi connectivity index (χ1n) is 4.00. The van der Waals surface area contributed by atoms with Crippen LogP contribution in [0.25, 0.3) is 0 Å². The van der Waals surface area contributed by atoms with E-state index in [0.717, 1.165) is 0 Å². The molecule has 0 aromatic carbocycles. The normalized spacial score (nSPS) is 19.1. The first kappa shape index (κ1) is 8.74. The molecule has 1 rings (SSSR count). The first-order chi connectivity index (χ1) is 4.50. The Labute approximate surface area is 59.0 Å². The summed E-state index contributed by atoms with van der Waals surface area (Å²) < 4.78 is 0. The minimum Gasteiger partial charge on any atom is -0.106 e. The molecular weight excluding hydrogens is 108 g/mol. The highest BCUT2D eigenvalue weighted by Gasteiger charge is 1.95. The third-order valence-electron chi connectivity index (χ3n) is 1.75. The van der Waals surface area contributed by atoms with Crippen LogP contribution in [0.1, 0.15) is 44.9 Å². The Morgan fingerprint density at radius 3 is 0.667 bits per heavy atom. The molecule has 0 spiro atoms. The zero-order valence-corrected chi connectivity index (χ0v) is 6.36. The zero-order chi connectivity index (χ0) is 6.95. The molecule has 0 radical (unpaired) electrons. The van der Waals surface area contributed by atoms with Crippen molar-refractivity contribution in [3.63, 3.8) is 0 Å². The van der Waals surface area contributed by atoms with Crippen molar-refractivity contribution in [3.05, 3.63) is 13.2 Å². The molecule has 9 heavy (non-hydrogen) atoms. The van der Waals surface area contributed by atoms with Crippen molar-refractivity contribution in [2.45, 2.75) is 44.9 Å². The Morgan fingerprint density at radius 1 is 0.444 bits per heavy atom. The van der Waals surface area contributed by atoms with Crippen LogP contribution in [0.5, 0.6) is 0 Å². The average Bonchev–Trinajstić information content (AvgIpc) is 2.21. The van der Waals surface area contributed by atoms with Gasteiger partial charge in [-0.2, -0.15) is 0 Å². The number of rotatable bonds is 0. The zero-order valence-electron chi connectivity index (χ0n) is 6.36. The smallest absolute Gasteiger partial charge is 0.0533 e. The fourth-order valence-corrected chi connectivity index (χ4v) is 1.24. The second kappa shape index (κ2) is 7.74. The highest BCUT2D eigenvalue weighted by Crippen LogP contribution is 2.15. The molecule has 0 bridgehead atoms. The SMILES string of the molecule is C1CCCCCC1.C=C. The monoisotopic (exact) mass is 126 g/mol. The molecule has 1 saturated carbocycles. The quantitative estimate of drug-likeness (QED) is 0.344. The Balaban J connectivity index is 0.000000291. The van der Waals surface area contributed by atoms with E-state index in [-0.39, 0.29) is 0 Å². The van der Waals surface area contributed by atoms with E-state index in [1.165, 1.54) is 44.9 Å². The molecule has 0 aromatic heterocycles. The van der Waals surface area contributed by atoms with Crippen LogP contribution in [0.4, 0.5) is 0 Å². The van der Waals surface area contributed by atoms with Gasteiger partial charge in [-0.25, -0.2) is 0 Å². The van der Waals surface area contributed by atoms with E-state index >= 15 is 0 Å². The van der Waals surface area contributed by atoms with Crippen molar-refractivity contribution in [3.8, 4) is 0 Å². The molecular formula is C9H18. The molecule has 0 atom stereocenters. The van der Waals surface area contributed by atoms with Gasteiger partial charge in [0.05, 0.1) is 0 Å². The Kier molecular flexibility index (Phi) is 7.52. The van der Waals surface area contributed by atoms with E-state index in [9.17, 15) is 0 Å². The largest absolute Gasteiger partial charge is 0.106 e. The van der Waals surface area contributed by atoms with Crippen LogP contribution in [0, 0.1) is 0 Å².